The standard InChI is InChI=1S/C54H76N8O6/c1-32(55-9)47(63)60-45(53(3,4)5)51(67)59-43(49(65)57-41-23-15-19-36-17-11-13-21-39(36)41)29-34-25-27-35(28-26-34)38-30-44(50(66)58-42-24-16-20-37-18-12-14-22-40(37)42)62(31-38)52(68)46(54(6,7)8)61-48(64)33(2)56-10/h11-14,17-18,21-22,25-28,32-33,38,41-46,55-56H,15-16,19-20,23-24,29-31H2,1-10H3,(H,57,65)(H,58,66)(H,59,67)(H,60,63)(H,61,64)/t32-,33-,38?,41?,42+,43?,44-,45?,46?/m0/s1. The van der Waals surface area contributed by atoms with Crippen LogP contribution in [0.3, 0.4) is 0 Å². The Morgan fingerprint density at radius 1 is 0.618 bits per heavy atom. The molecule has 9 atom stereocenters. The van der Waals surface area contributed by atoms with Gasteiger partial charge in [-0.2, -0.15) is 0 Å². The zero-order chi connectivity index (χ0) is 49.5. The molecule has 3 aliphatic rings. The molecule has 14 nitrogen and oxygen atoms in total. The third kappa shape index (κ3) is 12.5. The second kappa shape index (κ2) is 22.2. The number of carbonyl (C=O) groups excluding carboxylic acids is 6. The second-order valence-electron chi connectivity index (χ2n) is 21.4. The fraction of sp³-hybridized carbons (Fsp3) is 0.556. The van der Waals surface area contributed by atoms with E-state index in [1.807, 2.05) is 96.1 Å². The zero-order valence-corrected chi connectivity index (χ0v) is 41.9. The van der Waals surface area contributed by atoms with Gasteiger partial charge < -0.3 is 42.1 Å². The van der Waals surface area contributed by atoms with Crippen LogP contribution in [0.2, 0.25) is 0 Å². The number of nitrogens with zero attached hydrogens (tertiary/aromatic N) is 1. The minimum Gasteiger partial charge on any atom is -0.347 e. The van der Waals surface area contributed by atoms with Crippen LogP contribution in [0.1, 0.15) is 139 Å². The van der Waals surface area contributed by atoms with Crippen LogP contribution in [0.4, 0.5) is 0 Å². The summed E-state index contributed by atoms with van der Waals surface area (Å²) in [4.78, 5) is 85.9. The normalized spacial score (nSPS) is 21.4. The number of likely N-dealkylation sites (tertiary alicyclic amines) is 1. The molecule has 1 heterocycles. The molecule has 0 saturated carbocycles. The van der Waals surface area contributed by atoms with Crippen molar-refractivity contribution in [3.63, 3.8) is 0 Å². The quantitative estimate of drug-likeness (QED) is 0.104. The van der Waals surface area contributed by atoms with Crippen LogP contribution in [0.15, 0.2) is 72.8 Å². The summed E-state index contributed by atoms with van der Waals surface area (Å²) in [6.07, 6.45) is 5.86. The number of hydrogen-bond donors (Lipinski definition) is 7. The summed E-state index contributed by atoms with van der Waals surface area (Å²) in [5, 5.41) is 21.4. The van der Waals surface area contributed by atoms with Crippen LogP contribution in [-0.4, -0.2) is 97.2 Å². The first-order valence-electron chi connectivity index (χ1n) is 24.6. The van der Waals surface area contributed by atoms with E-state index in [2.05, 4.69) is 55.4 Å². The van der Waals surface area contributed by atoms with Crippen molar-refractivity contribution < 1.29 is 28.8 Å². The van der Waals surface area contributed by atoms with Crippen LogP contribution in [0.5, 0.6) is 0 Å². The van der Waals surface area contributed by atoms with Gasteiger partial charge in [0, 0.05) is 18.9 Å². The molecule has 0 spiro atoms. The molecule has 6 amide bonds. The van der Waals surface area contributed by atoms with Gasteiger partial charge in [-0.3, -0.25) is 28.8 Å². The summed E-state index contributed by atoms with van der Waals surface area (Å²) in [5.74, 6) is -2.17. The largest absolute Gasteiger partial charge is 0.347 e. The fourth-order valence-corrected chi connectivity index (χ4v) is 9.83. The monoisotopic (exact) mass is 933 g/mol. The van der Waals surface area contributed by atoms with E-state index < -0.39 is 53.0 Å². The van der Waals surface area contributed by atoms with Crippen molar-refractivity contribution in [2.75, 3.05) is 20.6 Å². The van der Waals surface area contributed by atoms with Crippen molar-refractivity contribution in [1.82, 2.24) is 42.1 Å². The zero-order valence-electron chi connectivity index (χ0n) is 41.9. The van der Waals surface area contributed by atoms with Gasteiger partial charge in [0.2, 0.25) is 35.4 Å². The van der Waals surface area contributed by atoms with Gasteiger partial charge in [0.15, 0.2) is 0 Å². The molecule has 7 N–H and O–H groups in total. The third-order valence-corrected chi connectivity index (χ3v) is 14.2. The van der Waals surface area contributed by atoms with Crippen molar-refractivity contribution >= 4 is 35.4 Å². The number of carbonyl (C=O) groups is 6. The summed E-state index contributed by atoms with van der Waals surface area (Å²) in [6, 6.07) is 19.1. The average Bonchev–Trinajstić information content (AvgIpc) is 3.77. The van der Waals surface area contributed by atoms with Crippen LogP contribution >= 0.6 is 0 Å². The minimum atomic E-state index is -0.973. The van der Waals surface area contributed by atoms with Gasteiger partial charge in [-0.05, 0) is 117 Å². The summed E-state index contributed by atoms with van der Waals surface area (Å²) in [6.45, 7) is 15.1. The highest BCUT2D eigenvalue weighted by molar-refractivity contribution is 5.95. The van der Waals surface area contributed by atoms with E-state index in [4.69, 9.17) is 0 Å². The first-order chi connectivity index (χ1) is 32.2. The SMILES string of the molecule is CN[C@@H](C)C(=O)NC(C(=O)NC(Cc1ccc(C2C[C@@H](C(=O)N[C@@H]3CCCc4ccccc43)N(C(=O)C(NC(=O)[C@H](C)NC)C(C)(C)C)C2)cc1)C(=O)NC1CCCc2ccccc21)C(C)(C)C. The molecule has 0 aromatic heterocycles. The van der Waals surface area contributed by atoms with E-state index in [1.165, 1.54) is 11.1 Å². The van der Waals surface area contributed by atoms with Gasteiger partial charge in [-0.25, -0.2) is 0 Å². The van der Waals surface area contributed by atoms with Gasteiger partial charge >= 0.3 is 0 Å². The molecule has 6 rings (SSSR count). The molecule has 2 aliphatic carbocycles. The van der Waals surface area contributed by atoms with E-state index in [0.29, 0.717) is 6.42 Å². The summed E-state index contributed by atoms with van der Waals surface area (Å²) in [7, 11) is 3.37. The lowest BCUT2D eigenvalue weighted by Crippen LogP contribution is -2.60. The summed E-state index contributed by atoms with van der Waals surface area (Å²) >= 11 is 0. The highest BCUT2D eigenvalue weighted by atomic mass is 16.2. The molecule has 1 aliphatic heterocycles. The van der Waals surface area contributed by atoms with Crippen molar-refractivity contribution in [3.05, 3.63) is 106 Å². The molecule has 368 valence electrons. The first-order valence-corrected chi connectivity index (χ1v) is 24.6. The van der Waals surface area contributed by atoms with Crippen LogP contribution < -0.4 is 37.2 Å². The molecule has 3 aromatic rings. The molecule has 68 heavy (non-hydrogen) atoms. The van der Waals surface area contributed by atoms with Gasteiger partial charge in [0.1, 0.15) is 24.2 Å². The Bertz CT molecular complexity index is 2280. The Morgan fingerprint density at radius 3 is 1.63 bits per heavy atom. The van der Waals surface area contributed by atoms with Crippen molar-refractivity contribution in [2.45, 2.75) is 161 Å². The second-order valence-corrected chi connectivity index (χ2v) is 21.4. The number of amides is 6. The Hall–Kier alpha value is -5.60. The highest BCUT2D eigenvalue weighted by Crippen LogP contribution is 2.37. The van der Waals surface area contributed by atoms with Crippen LogP contribution in [0, 0.1) is 10.8 Å². The Labute approximate surface area is 403 Å². The molecular weight excluding hydrogens is 857 g/mol. The third-order valence-electron chi connectivity index (χ3n) is 14.2. The number of nitrogens with one attached hydrogen (secondary N) is 7. The van der Waals surface area contributed by atoms with E-state index in [9.17, 15) is 28.8 Å². The molecule has 0 bridgehead atoms. The lowest BCUT2D eigenvalue weighted by molar-refractivity contribution is -0.144. The lowest BCUT2D eigenvalue weighted by Gasteiger charge is -2.36. The molecule has 5 unspecified atom stereocenters. The van der Waals surface area contributed by atoms with E-state index >= 15 is 0 Å². The molecule has 0 radical (unpaired) electrons. The van der Waals surface area contributed by atoms with E-state index in [-0.39, 0.29) is 60.5 Å². The fourth-order valence-electron chi connectivity index (χ4n) is 9.83. The van der Waals surface area contributed by atoms with Crippen molar-refractivity contribution in [3.8, 4) is 0 Å². The van der Waals surface area contributed by atoms with Crippen molar-refractivity contribution in [2.24, 2.45) is 10.8 Å². The number of rotatable bonds is 16. The maximum Gasteiger partial charge on any atom is 0.246 e. The molecule has 14 heteroatoms. The van der Waals surface area contributed by atoms with Gasteiger partial charge in [0.25, 0.3) is 0 Å². The predicted octanol–water partition coefficient (Wildman–Crippen LogP) is 5.06. The van der Waals surface area contributed by atoms with Crippen LogP contribution in [0.25, 0.3) is 0 Å². The maximum atomic E-state index is 14.8. The molecule has 3 aromatic carbocycles. The smallest absolute Gasteiger partial charge is 0.246 e. The highest BCUT2D eigenvalue weighted by Gasteiger charge is 2.46. The van der Waals surface area contributed by atoms with Gasteiger partial charge in [0.05, 0.1) is 24.2 Å². The Morgan fingerprint density at radius 2 is 1.12 bits per heavy atom. The maximum absolute atomic E-state index is 14.8. The summed E-state index contributed by atoms with van der Waals surface area (Å²) < 4.78 is 0. The van der Waals surface area contributed by atoms with Gasteiger partial charge in [-0.15, -0.1) is 0 Å². The van der Waals surface area contributed by atoms with Crippen LogP contribution in [-0.2, 0) is 48.0 Å². The van der Waals surface area contributed by atoms with Gasteiger partial charge in [-0.1, -0.05) is 114 Å². The average molecular weight is 933 g/mol. The molecule has 1 fully saturated rings. The predicted molar refractivity (Wildman–Crippen MR) is 265 cm³/mol. The van der Waals surface area contributed by atoms with Crippen molar-refractivity contribution in [1.29, 1.82) is 0 Å². The Balaban J connectivity index is 1.27. The number of likely N-dealkylation sites (N-methyl/N-ethyl adjacent to an activating group) is 2. The van der Waals surface area contributed by atoms with E-state index in [0.717, 1.165) is 60.8 Å². The van der Waals surface area contributed by atoms with E-state index in [1.54, 1.807) is 32.8 Å². The number of hydrogen-bond acceptors (Lipinski definition) is 8. The first kappa shape index (κ1) is 51.8. The molecule has 1 saturated heterocycles. The topological polar surface area (TPSA) is 190 Å². The number of fused-ring (bicyclic) bond motifs is 2. The number of benzene rings is 3. The number of aryl methyl sites for hydroxylation is 2. The minimum absolute atomic E-state index is 0.172. The summed E-state index contributed by atoms with van der Waals surface area (Å²) in [5.41, 5.74) is 4.97. The molecular formula is C54H76N8O6. The Kier molecular flexibility index (Phi) is 16.9. The lowest BCUT2D eigenvalue weighted by atomic mass is 9.85.